The Hall–Kier alpha value is -2.44. The Morgan fingerprint density at radius 1 is 1.17 bits per heavy atom. The van der Waals surface area contributed by atoms with Crippen molar-refractivity contribution in [1.82, 2.24) is 5.32 Å². The molecule has 1 aliphatic heterocycles. The van der Waals surface area contributed by atoms with Crippen LogP contribution in [0.4, 0.5) is 10.1 Å². The lowest BCUT2D eigenvalue weighted by Crippen LogP contribution is -2.49. The third-order valence-corrected chi connectivity index (χ3v) is 4.59. The normalized spacial score (nSPS) is 26.7. The Balaban J connectivity index is 1.65. The van der Waals surface area contributed by atoms with Crippen LogP contribution in [0.5, 0.6) is 0 Å². The fourth-order valence-corrected chi connectivity index (χ4v) is 3.11. The Morgan fingerprint density at radius 3 is 2.48 bits per heavy atom. The second-order valence-electron chi connectivity index (χ2n) is 5.92. The number of halogens is 1. The molecule has 3 rings (SSSR count). The van der Waals surface area contributed by atoms with E-state index < -0.39 is 35.6 Å². The molecule has 1 heterocycles. The first-order valence-corrected chi connectivity index (χ1v) is 7.58. The lowest BCUT2D eigenvalue weighted by Gasteiger charge is -2.32. The zero-order valence-corrected chi connectivity index (χ0v) is 12.4. The highest BCUT2D eigenvalue weighted by atomic mass is 19.1. The molecule has 2 amide bonds. The van der Waals surface area contributed by atoms with E-state index in [2.05, 4.69) is 5.32 Å². The van der Waals surface area contributed by atoms with Crippen LogP contribution in [0.25, 0.3) is 0 Å². The number of carbonyl (C=O) groups excluding carboxylic acids is 2. The summed E-state index contributed by atoms with van der Waals surface area (Å²) in [7, 11) is 0. The summed E-state index contributed by atoms with van der Waals surface area (Å²) in [6.45, 7) is 0.317. The maximum absolute atomic E-state index is 13.8. The van der Waals surface area contributed by atoms with E-state index in [9.17, 15) is 18.8 Å². The lowest BCUT2D eigenvalue weighted by molar-refractivity contribution is -0.153. The van der Waals surface area contributed by atoms with Gasteiger partial charge in [-0.3, -0.25) is 14.4 Å². The van der Waals surface area contributed by atoms with Gasteiger partial charge in [-0.1, -0.05) is 12.1 Å². The summed E-state index contributed by atoms with van der Waals surface area (Å²) < 4.78 is 13.8. The van der Waals surface area contributed by atoms with E-state index in [0.717, 1.165) is 0 Å². The maximum Gasteiger partial charge on any atom is 0.307 e. The molecule has 0 spiro atoms. The second-order valence-corrected chi connectivity index (χ2v) is 5.92. The first-order valence-electron chi connectivity index (χ1n) is 7.58. The van der Waals surface area contributed by atoms with Crippen LogP contribution in [0.2, 0.25) is 0 Å². The van der Waals surface area contributed by atoms with Crippen molar-refractivity contribution >= 4 is 23.5 Å². The molecule has 2 fully saturated rings. The van der Waals surface area contributed by atoms with Gasteiger partial charge < -0.3 is 15.3 Å². The number of para-hydroxylation sites is 1. The number of carboxylic acid groups (broad SMARTS) is 1. The molecule has 23 heavy (non-hydrogen) atoms. The molecule has 1 aromatic rings. The Bertz CT molecular complexity index is 663. The quantitative estimate of drug-likeness (QED) is 0.871. The van der Waals surface area contributed by atoms with E-state index >= 15 is 0 Å². The summed E-state index contributed by atoms with van der Waals surface area (Å²) in [5.74, 6) is -3.50. The van der Waals surface area contributed by atoms with Gasteiger partial charge in [-0.15, -0.1) is 0 Å². The summed E-state index contributed by atoms with van der Waals surface area (Å²) >= 11 is 0. The number of aliphatic carboxylic acids is 1. The van der Waals surface area contributed by atoms with Crippen molar-refractivity contribution in [3.05, 3.63) is 30.1 Å². The number of nitrogens with one attached hydrogen (secondary N) is 1. The predicted octanol–water partition coefficient (Wildman–Crippen LogP) is 1.16. The number of anilines is 1. The average molecular weight is 320 g/mol. The average Bonchev–Trinajstić information content (AvgIpc) is 2.79. The minimum absolute atomic E-state index is 0.196. The van der Waals surface area contributed by atoms with Crippen molar-refractivity contribution in [2.24, 2.45) is 11.8 Å². The number of amides is 2. The third kappa shape index (κ3) is 2.78. The fourth-order valence-electron chi connectivity index (χ4n) is 3.11. The number of nitrogens with zero attached hydrogens (tertiary/aromatic N) is 1. The van der Waals surface area contributed by atoms with Gasteiger partial charge >= 0.3 is 5.97 Å². The summed E-state index contributed by atoms with van der Waals surface area (Å²) in [5, 5.41) is 11.6. The van der Waals surface area contributed by atoms with Crippen LogP contribution in [0, 0.1) is 17.7 Å². The van der Waals surface area contributed by atoms with Crippen molar-refractivity contribution in [3.63, 3.8) is 0 Å². The number of hydrogen-bond acceptors (Lipinski definition) is 3. The minimum atomic E-state index is -0.984. The zero-order valence-electron chi connectivity index (χ0n) is 12.4. The standard InChI is InChI=1S/C16H17FN2O4/c17-11-3-1-2-4-13(11)19-8-7-12(15(19)21)18-14(20)9-5-6-10(9)16(22)23/h1-4,9-10,12H,5-8H2,(H,18,20)(H,22,23). The SMILES string of the molecule is O=C(O)C1CCC1C(=O)NC1CCN(c2ccccc2F)C1=O. The molecular weight excluding hydrogens is 303 g/mol. The molecule has 1 saturated carbocycles. The molecule has 0 radical (unpaired) electrons. The monoisotopic (exact) mass is 320 g/mol. The Labute approximate surface area is 132 Å². The molecule has 1 aromatic carbocycles. The van der Waals surface area contributed by atoms with Gasteiger partial charge in [-0.2, -0.15) is 0 Å². The van der Waals surface area contributed by atoms with Crippen LogP contribution in [-0.4, -0.2) is 35.5 Å². The zero-order chi connectivity index (χ0) is 16.6. The van der Waals surface area contributed by atoms with Crippen molar-refractivity contribution in [3.8, 4) is 0 Å². The maximum atomic E-state index is 13.8. The molecule has 2 aliphatic rings. The third-order valence-electron chi connectivity index (χ3n) is 4.59. The van der Waals surface area contributed by atoms with Crippen LogP contribution >= 0.6 is 0 Å². The first-order chi connectivity index (χ1) is 11.0. The van der Waals surface area contributed by atoms with Gasteiger partial charge in [0.25, 0.3) is 0 Å². The van der Waals surface area contributed by atoms with Gasteiger partial charge in [0.15, 0.2) is 0 Å². The van der Waals surface area contributed by atoms with Crippen LogP contribution < -0.4 is 10.2 Å². The van der Waals surface area contributed by atoms with Gasteiger partial charge in [-0.05, 0) is 31.4 Å². The molecule has 7 heteroatoms. The number of carboxylic acids is 1. The van der Waals surface area contributed by atoms with Gasteiger partial charge in [0.1, 0.15) is 11.9 Å². The van der Waals surface area contributed by atoms with Gasteiger partial charge in [0.05, 0.1) is 17.5 Å². The summed E-state index contributed by atoms with van der Waals surface area (Å²) in [4.78, 5) is 36.8. The van der Waals surface area contributed by atoms with Crippen LogP contribution in [0.15, 0.2) is 24.3 Å². The van der Waals surface area contributed by atoms with E-state index in [1.54, 1.807) is 12.1 Å². The van der Waals surface area contributed by atoms with Crippen molar-refractivity contribution in [2.75, 3.05) is 11.4 Å². The predicted molar refractivity (Wildman–Crippen MR) is 79.2 cm³/mol. The molecule has 6 nitrogen and oxygen atoms in total. The molecular formula is C16H17FN2O4. The molecule has 0 bridgehead atoms. The largest absolute Gasteiger partial charge is 0.481 e. The number of rotatable bonds is 4. The molecule has 1 aliphatic carbocycles. The number of carbonyl (C=O) groups is 3. The molecule has 3 unspecified atom stereocenters. The van der Waals surface area contributed by atoms with Crippen LogP contribution in [0.3, 0.4) is 0 Å². The summed E-state index contributed by atoms with van der Waals surface area (Å²) in [6.07, 6.45) is 1.37. The van der Waals surface area contributed by atoms with Gasteiger partial charge in [0, 0.05) is 6.54 Å². The Kier molecular flexibility index (Phi) is 4.02. The van der Waals surface area contributed by atoms with Gasteiger partial charge in [0.2, 0.25) is 11.8 Å². The Morgan fingerprint density at radius 2 is 1.87 bits per heavy atom. The molecule has 1 saturated heterocycles. The van der Waals surface area contributed by atoms with E-state index in [4.69, 9.17) is 5.11 Å². The molecule has 2 N–H and O–H groups in total. The topological polar surface area (TPSA) is 86.7 Å². The highest BCUT2D eigenvalue weighted by Crippen LogP contribution is 2.35. The fraction of sp³-hybridized carbons (Fsp3) is 0.438. The minimum Gasteiger partial charge on any atom is -0.481 e. The highest BCUT2D eigenvalue weighted by Gasteiger charge is 2.43. The van der Waals surface area contributed by atoms with E-state index in [-0.39, 0.29) is 11.6 Å². The van der Waals surface area contributed by atoms with E-state index in [0.29, 0.717) is 25.8 Å². The highest BCUT2D eigenvalue weighted by molar-refractivity contribution is 6.02. The van der Waals surface area contributed by atoms with Gasteiger partial charge in [-0.25, -0.2) is 4.39 Å². The van der Waals surface area contributed by atoms with E-state index in [1.165, 1.54) is 17.0 Å². The summed E-state index contributed by atoms with van der Waals surface area (Å²) in [6, 6.07) is 5.26. The number of hydrogen-bond donors (Lipinski definition) is 2. The van der Waals surface area contributed by atoms with Crippen LogP contribution in [0.1, 0.15) is 19.3 Å². The number of benzene rings is 1. The van der Waals surface area contributed by atoms with Crippen molar-refractivity contribution in [2.45, 2.75) is 25.3 Å². The lowest BCUT2D eigenvalue weighted by atomic mass is 9.73. The first kappa shape index (κ1) is 15.5. The summed E-state index contributed by atoms with van der Waals surface area (Å²) in [5.41, 5.74) is 0.196. The molecule has 3 atom stereocenters. The van der Waals surface area contributed by atoms with Crippen LogP contribution in [-0.2, 0) is 14.4 Å². The molecule has 122 valence electrons. The van der Waals surface area contributed by atoms with Crippen molar-refractivity contribution < 1.29 is 23.9 Å². The van der Waals surface area contributed by atoms with Crippen molar-refractivity contribution in [1.29, 1.82) is 0 Å². The van der Waals surface area contributed by atoms with E-state index in [1.807, 2.05) is 0 Å². The smallest absolute Gasteiger partial charge is 0.307 e. The second kappa shape index (κ2) is 5.98. The molecule has 0 aromatic heterocycles.